The molecule has 1 aromatic heterocycles. The molecular weight excluding hydrogens is 318 g/mol. The molecule has 0 fully saturated rings. The van der Waals surface area contributed by atoms with Gasteiger partial charge in [0.05, 0.1) is 11.2 Å². The van der Waals surface area contributed by atoms with Gasteiger partial charge < -0.3 is 19.5 Å². The molecule has 6 heteroatoms. The molecule has 0 atom stereocenters. The summed E-state index contributed by atoms with van der Waals surface area (Å²) in [6.45, 7) is 7.22. The third-order valence-corrected chi connectivity index (χ3v) is 4.78. The zero-order valence-corrected chi connectivity index (χ0v) is 14.9. The first-order valence-electron chi connectivity index (χ1n) is 8.74. The molecule has 0 spiro atoms. The molecule has 2 aliphatic heterocycles. The Balaban J connectivity index is 1.68. The summed E-state index contributed by atoms with van der Waals surface area (Å²) in [5, 5.41) is 4.14. The summed E-state index contributed by atoms with van der Waals surface area (Å²) in [6, 6.07) is 6.03. The average molecular weight is 341 g/mol. The molecular formula is C19H23N3O3. The molecule has 0 unspecified atom stereocenters. The standard InChI is InChI=1S/C19H23N3O3/c1-19(2,3)25-18(24)21-9-7-12-13-5-4-6-14-17(13)22(11-16(23)20-14)15(12)8-10-21/h4-6H,7-11H2,1-3H3,(H,20,23). The van der Waals surface area contributed by atoms with Gasteiger partial charge in [-0.05, 0) is 38.8 Å². The van der Waals surface area contributed by atoms with E-state index in [1.807, 2.05) is 32.9 Å². The maximum absolute atomic E-state index is 12.4. The molecule has 6 nitrogen and oxygen atoms in total. The monoisotopic (exact) mass is 341 g/mol. The first kappa shape index (κ1) is 16.0. The van der Waals surface area contributed by atoms with Crippen molar-refractivity contribution >= 4 is 28.6 Å². The van der Waals surface area contributed by atoms with E-state index >= 15 is 0 Å². The molecule has 0 saturated carbocycles. The zero-order chi connectivity index (χ0) is 17.8. The van der Waals surface area contributed by atoms with Gasteiger partial charge in [0, 0.05) is 30.6 Å². The lowest BCUT2D eigenvalue weighted by Crippen LogP contribution is -2.38. The van der Waals surface area contributed by atoms with Crippen molar-refractivity contribution in [1.29, 1.82) is 0 Å². The zero-order valence-electron chi connectivity index (χ0n) is 14.9. The van der Waals surface area contributed by atoms with E-state index in [9.17, 15) is 9.59 Å². The van der Waals surface area contributed by atoms with Crippen LogP contribution in [0.2, 0.25) is 0 Å². The second-order valence-corrected chi connectivity index (χ2v) is 7.73. The SMILES string of the molecule is CC(C)(C)OC(=O)N1CCc2c(n3c4c(cccc24)NC(=O)C3)CC1. The summed E-state index contributed by atoms with van der Waals surface area (Å²) in [4.78, 5) is 26.2. The molecule has 3 heterocycles. The number of nitrogens with zero attached hydrogens (tertiary/aromatic N) is 2. The van der Waals surface area contributed by atoms with Gasteiger partial charge in [0.15, 0.2) is 0 Å². The molecule has 2 amide bonds. The van der Waals surface area contributed by atoms with Crippen molar-refractivity contribution in [2.24, 2.45) is 0 Å². The Labute approximate surface area is 146 Å². The number of amides is 2. The molecule has 0 bridgehead atoms. The fourth-order valence-corrected chi connectivity index (χ4v) is 3.81. The predicted molar refractivity (Wildman–Crippen MR) is 95.8 cm³/mol. The van der Waals surface area contributed by atoms with Crippen LogP contribution in [-0.2, 0) is 28.9 Å². The molecule has 2 aromatic rings. The van der Waals surface area contributed by atoms with Gasteiger partial charge in [0.25, 0.3) is 0 Å². The molecule has 2 aliphatic rings. The smallest absolute Gasteiger partial charge is 0.410 e. The predicted octanol–water partition coefficient (Wildman–Crippen LogP) is 2.93. The number of benzene rings is 1. The minimum absolute atomic E-state index is 0.00615. The van der Waals surface area contributed by atoms with Gasteiger partial charge >= 0.3 is 6.09 Å². The van der Waals surface area contributed by atoms with E-state index in [-0.39, 0.29) is 12.0 Å². The van der Waals surface area contributed by atoms with Crippen LogP contribution in [0.15, 0.2) is 18.2 Å². The number of ether oxygens (including phenoxy) is 1. The molecule has 0 saturated heterocycles. The van der Waals surface area contributed by atoms with E-state index in [1.165, 1.54) is 16.6 Å². The van der Waals surface area contributed by atoms with E-state index in [2.05, 4.69) is 16.0 Å². The lowest BCUT2D eigenvalue weighted by Gasteiger charge is -2.26. The van der Waals surface area contributed by atoms with Crippen LogP contribution in [0, 0.1) is 0 Å². The summed E-state index contributed by atoms with van der Waals surface area (Å²) in [5.41, 5.74) is 3.91. The number of carbonyl (C=O) groups is 2. The Morgan fingerprint density at radius 3 is 2.72 bits per heavy atom. The molecule has 4 rings (SSSR count). The molecule has 132 valence electrons. The molecule has 0 aliphatic carbocycles. The van der Waals surface area contributed by atoms with E-state index < -0.39 is 5.60 Å². The van der Waals surface area contributed by atoms with Gasteiger partial charge in [-0.1, -0.05) is 12.1 Å². The van der Waals surface area contributed by atoms with Crippen LogP contribution in [0.1, 0.15) is 32.0 Å². The number of nitrogens with one attached hydrogen (secondary N) is 1. The van der Waals surface area contributed by atoms with Gasteiger partial charge in [-0.25, -0.2) is 4.79 Å². The second kappa shape index (κ2) is 5.51. The minimum Gasteiger partial charge on any atom is -0.444 e. The van der Waals surface area contributed by atoms with Crippen molar-refractivity contribution in [2.45, 2.75) is 45.8 Å². The van der Waals surface area contributed by atoms with Gasteiger partial charge in [0.2, 0.25) is 5.91 Å². The number of aromatic nitrogens is 1. The number of rotatable bonds is 0. The summed E-state index contributed by atoms with van der Waals surface area (Å²) >= 11 is 0. The second-order valence-electron chi connectivity index (χ2n) is 7.73. The lowest BCUT2D eigenvalue weighted by molar-refractivity contribution is -0.116. The summed E-state index contributed by atoms with van der Waals surface area (Å²) in [5.74, 6) is 0.00615. The molecule has 1 aromatic carbocycles. The van der Waals surface area contributed by atoms with Crippen molar-refractivity contribution in [3.8, 4) is 0 Å². The topological polar surface area (TPSA) is 63.6 Å². The number of carbonyl (C=O) groups excluding carboxylic acids is 2. The third-order valence-electron chi connectivity index (χ3n) is 4.78. The van der Waals surface area contributed by atoms with E-state index in [0.717, 1.165) is 24.0 Å². The number of hydrogen-bond acceptors (Lipinski definition) is 3. The van der Waals surface area contributed by atoms with Crippen molar-refractivity contribution in [1.82, 2.24) is 9.47 Å². The van der Waals surface area contributed by atoms with Crippen LogP contribution in [0.25, 0.3) is 10.9 Å². The Kier molecular flexibility index (Phi) is 3.52. The number of fused-ring (bicyclic) bond motifs is 3. The Morgan fingerprint density at radius 2 is 1.96 bits per heavy atom. The van der Waals surface area contributed by atoms with E-state index in [0.29, 0.717) is 19.6 Å². The van der Waals surface area contributed by atoms with Crippen molar-refractivity contribution in [3.05, 3.63) is 29.5 Å². The molecule has 0 radical (unpaired) electrons. The highest BCUT2D eigenvalue weighted by atomic mass is 16.6. The maximum atomic E-state index is 12.4. The van der Waals surface area contributed by atoms with Gasteiger partial charge in [0.1, 0.15) is 12.1 Å². The summed E-state index contributed by atoms with van der Waals surface area (Å²) in [6.07, 6.45) is 1.24. The summed E-state index contributed by atoms with van der Waals surface area (Å²) in [7, 11) is 0. The molecule has 1 N–H and O–H groups in total. The average Bonchev–Trinajstić information content (AvgIpc) is 2.69. The van der Waals surface area contributed by atoms with Crippen LogP contribution >= 0.6 is 0 Å². The number of hydrogen-bond donors (Lipinski definition) is 1. The van der Waals surface area contributed by atoms with E-state index in [4.69, 9.17) is 4.74 Å². The van der Waals surface area contributed by atoms with Crippen LogP contribution < -0.4 is 5.32 Å². The fraction of sp³-hybridized carbons (Fsp3) is 0.474. The first-order valence-corrected chi connectivity index (χ1v) is 8.74. The fourth-order valence-electron chi connectivity index (χ4n) is 3.81. The Hall–Kier alpha value is -2.50. The van der Waals surface area contributed by atoms with Crippen LogP contribution in [-0.4, -0.2) is 40.2 Å². The van der Waals surface area contributed by atoms with E-state index in [1.54, 1.807) is 4.90 Å². The van der Waals surface area contributed by atoms with Gasteiger partial charge in [-0.3, -0.25) is 4.79 Å². The Morgan fingerprint density at radius 1 is 1.20 bits per heavy atom. The molecule has 25 heavy (non-hydrogen) atoms. The quantitative estimate of drug-likeness (QED) is 0.801. The van der Waals surface area contributed by atoms with Crippen molar-refractivity contribution in [3.63, 3.8) is 0 Å². The minimum atomic E-state index is -0.494. The lowest BCUT2D eigenvalue weighted by atomic mass is 10.1. The normalized spacial score (nSPS) is 17.1. The van der Waals surface area contributed by atoms with Crippen molar-refractivity contribution in [2.75, 3.05) is 18.4 Å². The van der Waals surface area contributed by atoms with Crippen LogP contribution in [0.3, 0.4) is 0 Å². The van der Waals surface area contributed by atoms with Crippen LogP contribution in [0.5, 0.6) is 0 Å². The number of para-hydroxylation sites is 1. The third kappa shape index (κ3) is 2.75. The largest absolute Gasteiger partial charge is 0.444 e. The van der Waals surface area contributed by atoms with Gasteiger partial charge in [-0.15, -0.1) is 0 Å². The highest BCUT2D eigenvalue weighted by molar-refractivity contribution is 6.06. The van der Waals surface area contributed by atoms with Crippen LogP contribution in [0.4, 0.5) is 10.5 Å². The van der Waals surface area contributed by atoms with Crippen molar-refractivity contribution < 1.29 is 14.3 Å². The Bertz CT molecular complexity index is 876. The maximum Gasteiger partial charge on any atom is 0.410 e. The first-order chi connectivity index (χ1) is 11.8. The highest BCUT2D eigenvalue weighted by Gasteiger charge is 2.29. The number of anilines is 1. The highest BCUT2D eigenvalue weighted by Crippen LogP contribution is 2.35. The van der Waals surface area contributed by atoms with Gasteiger partial charge in [-0.2, -0.15) is 0 Å². The summed E-state index contributed by atoms with van der Waals surface area (Å²) < 4.78 is 7.64.